The largest absolute Gasteiger partial charge is 0.435 e. The van der Waals surface area contributed by atoms with E-state index >= 15 is 0 Å². The topological polar surface area (TPSA) is 90.7 Å². The van der Waals surface area contributed by atoms with E-state index in [1.54, 1.807) is 0 Å². The Labute approximate surface area is 161 Å². The third-order valence-corrected chi connectivity index (χ3v) is 3.60. The smallest absolute Gasteiger partial charge is 0.387 e. The second kappa shape index (κ2) is 9.53. The molecule has 0 unspecified atom stereocenters. The molecule has 0 fully saturated rings. The van der Waals surface area contributed by atoms with Gasteiger partial charge in [-0.1, -0.05) is 6.07 Å². The van der Waals surface area contributed by atoms with E-state index in [9.17, 15) is 32.5 Å². The number of amides is 1. The van der Waals surface area contributed by atoms with Crippen molar-refractivity contribution >= 4 is 23.4 Å². The molecule has 0 atom stereocenters. The molecule has 0 saturated carbocycles. The third-order valence-electron chi connectivity index (χ3n) is 3.60. The van der Waals surface area contributed by atoms with Gasteiger partial charge in [0.2, 0.25) is 5.91 Å². The van der Waals surface area contributed by atoms with Gasteiger partial charge in [0.15, 0.2) is 0 Å². The van der Waals surface area contributed by atoms with Crippen LogP contribution in [0.4, 0.5) is 28.9 Å². The van der Waals surface area contributed by atoms with E-state index in [1.807, 2.05) is 0 Å². The number of ether oxygens (including phenoxy) is 2. The Balaban J connectivity index is 2.21. The molecule has 0 spiro atoms. The number of hydrogen-bond donors (Lipinski definition) is 1. The van der Waals surface area contributed by atoms with Gasteiger partial charge in [-0.25, -0.2) is 0 Å². The Morgan fingerprint density at radius 1 is 1.14 bits per heavy atom. The number of benzene rings is 2. The summed E-state index contributed by atoms with van der Waals surface area (Å²) in [5.41, 5.74) is 0.236. The molecule has 2 aromatic carbocycles. The van der Waals surface area contributed by atoms with Crippen LogP contribution in [-0.2, 0) is 4.79 Å². The van der Waals surface area contributed by atoms with E-state index in [0.717, 1.165) is 30.4 Å². The average Bonchev–Trinajstić information content (AvgIpc) is 2.61. The quantitative estimate of drug-likeness (QED) is 0.291. The number of nitrogens with one attached hydrogen (secondary N) is 1. The molecule has 2 rings (SSSR count). The number of anilines is 1. The maximum absolute atomic E-state index is 12.6. The highest BCUT2D eigenvalue weighted by Gasteiger charge is 2.15. The maximum Gasteiger partial charge on any atom is 0.387 e. The first-order valence-electron chi connectivity index (χ1n) is 7.94. The molecule has 1 amide bonds. The summed E-state index contributed by atoms with van der Waals surface area (Å²) in [5.74, 6) is -1.58. The number of carbonyl (C=O) groups excluding carboxylic acids is 1. The van der Waals surface area contributed by atoms with Gasteiger partial charge in [0.05, 0.1) is 16.2 Å². The number of carbonyl (C=O) groups is 1. The molecule has 11 heteroatoms. The zero-order valence-corrected chi connectivity index (χ0v) is 14.8. The highest BCUT2D eigenvalue weighted by molar-refractivity contribution is 6.02. The van der Waals surface area contributed by atoms with Crippen LogP contribution >= 0.6 is 0 Å². The number of halogens is 4. The lowest BCUT2D eigenvalue weighted by molar-refractivity contribution is -0.385. The summed E-state index contributed by atoms with van der Waals surface area (Å²) < 4.78 is 58.0. The summed E-state index contributed by atoms with van der Waals surface area (Å²) in [6.45, 7) is -4.93. The van der Waals surface area contributed by atoms with E-state index in [4.69, 9.17) is 0 Å². The number of nitrogens with zero attached hydrogens (tertiary/aromatic N) is 1. The van der Waals surface area contributed by atoms with Crippen LogP contribution in [0, 0.1) is 17.0 Å². The zero-order valence-electron chi connectivity index (χ0n) is 14.8. The Hall–Kier alpha value is -3.63. The molecule has 0 aliphatic rings. The first-order valence-corrected chi connectivity index (χ1v) is 7.94. The van der Waals surface area contributed by atoms with Gasteiger partial charge in [0.1, 0.15) is 11.5 Å². The standard InChI is InChI=1S/C18H14F4N2O5/c1-10-13(3-2-4-14(10)24(26)27)23-16(25)8-6-11-5-7-12(28-17(19)20)9-15(11)29-18(21)22/h2-9,17-18H,1H3,(H,23,25)/b8-6+. The first-order chi connectivity index (χ1) is 13.7. The minimum absolute atomic E-state index is 0.00201. The van der Waals surface area contributed by atoms with Gasteiger partial charge < -0.3 is 14.8 Å². The molecule has 2 aromatic rings. The third kappa shape index (κ3) is 6.19. The summed E-state index contributed by atoms with van der Waals surface area (Å²) in [4.78, 5) is 22.4. The van der Waals surface area contributed by atoms with Gasteiger partial charge in [-0.15, -0.1) is 0 Å². The van der Waals surface area contributed by atoms with E-state index < -0.39 is 35.6 Å². The van der Waals surface area contributed by atoms with Crippen LogP contribution in [0.15, 0.2) is 42.5 Å². The minimum atomic E-state index is -3.23. The second-order valence-electron chi connectivity index (χ2n) is 5.49. The van der Waals surface area contributed by atoms with Gasteiger partial charge in [-0.3, -0.25) is 14.9 Å². The monoisotopic (exact) mass is 414 g/mol. The maximum atomic E-state index is 12.6. The van der Waals surface area contributed by atoms with Crippen molar-refractivity contribution < 1.29 is 36.8 Å². The minimum Gasteiger partial charge on any atom is -0.435 e. The predicted octanol–water partition coefficient (Wildman–Crippen LogP) is 4.76. The van der Waals surface area contributed by atoms with Crippen LogP contribution in [0.1, 0.15) is 11.1 Å². The molecular weight excluding hydrogens is 400 g/mol. The molecule has 0 aliphatic carbocycles. The van der Waals surface area contributed by atoms with Gasteiger partial charge >= 0.3 is 13.2 Å². The number of rotatable bonds is 8. The van der Waals surface area contributed by atoms with Crippen LogP contribution in [0.2, 0.25) is 0 Å². The first kappa shape index (κ1) is 21.7. The molecule has 29 heavy (non-hydrogen) atoms. The molecule has 7 nitrogen and oxygen atoms in total. The molecule has 0 bridgehead atoms. The molecule has 0 radical (unpaired) electrons. The van der Waals surface area contributed by atoms with Crippen LogP contribution in [0.25, 0.3) is 6.08 Å². The highest BCUT2D eigenvalue weighted by Crippen LogP contribution is 2.29. The van der Waals surface area contributed by atoms with Crippen molar-refractivity contribution in [2.45, 2.75) is 20.1 Å². The number of hydrogen-bond acceptors (Lipinski definition) is 5. The van der Waals surface area contributed by atoms with E-state index in [1.165, 1.54) is 25.1 Å². The van der Waals surface area contributed by atoms with Crippen molar-refractivity contribution in [2.75, 3.05) is 5.32 Å². The molecule has 0 saturated heterocycles. The van der Waals surface area contributed by atoms with Crippen molar-refractivity contribution in [3.8, 4) is 11.5 Å². The van der Waals surface area contributed by atoms with E-state index in [-0.39, 0.29) is 22.5 Å². The van der Waals surface area contributed by atoms with Crippen LogP contribution in [0.5, 0.6) is 11.5 Å². The predicted molar refractivity (Wildman–Crippen MR) is 95.2 cm³/mol. The molecular formula is C18H14F4N2O5. The van der Waals surface area contributed by atoms with E-state index in [0.29, 0.717) is 0 Å². The molecule has 154 valence electrons. The SMILES string of the molecule is Cc1c(NC(=O)/C=C/c2ccc(OC(F)F)cc2OC(F)F)cccc1[N+](=O)[O-]. The summed E-state index contributed by atoms with van der Waals surface area (Å²) in [6.07, 6.45) is 2.09. The van der Waals surface area contributed by atoms with Gasteiger partial charge in [-0.05, 0) is 31.2 Å². The zero-order chi connectivity index (χ0) is 21.6. The molecule has 0 heterocycles. The lowest BCUT2D eigenvalue weighted by Crippen LogP contribution is -2.10. The fraction of sp³-hybridized carbons (Fsp3) is 0.167. The van der Waals surface area contributed by atoms with Crippen LogP contribution < -0.4 is 14.8 Å². The summed E-state index contributed by atoms with van der Waals surface area (Å²) in [6, 6.07) is 7.19. The summed E-state index contributed by atoms with van der Waals surface area (Å²) in [5, 5.41) is 13.4. The van der Waals surface area contributed by atoms with Crippen molar-refractivity contribution in [2.24, 2.45) is 0 Å². The van der Waals surface area contributed by atoms with Crippen LogP contribution in [0.3, 0.4) is 0 Å². The Morgan fingerprint density at radius 2 is 1.83 bits per heavy atom. The lowest BCUT2D eigenvalue weighted by atomic mass is 10.1. The average molecular weight is 414 g/mol. The number of alkyl halides is 4. The second-order valence-corrected chi connectivity index (χ2v) is 5.49. The highest BCUT2D eigenvalue weighted by atomic mass is 19.3. The fourth-order valence-electron chi connectivity index (χ4n) is 2.32. The normalized spacial score (nSPS) is 11.1. The summed E-state index contributed by atoms with van der Waals surface area (Å²) in [7, 11) is 0. The Bertz CT molecular complexity index is 934. The van der Waals surface area contributed by atoms with Gasteiger partial charge in [0, 0.05) is 23.8 Å². The molecule has 1 N–H and O–H groups in total. The van der Waals surface area contributed by atoms with E-state index in [2.05, 4.69) is 14.8 Å². The van der Waals surface area contributed by atoms with Crippen LogP contribution in [-0.4, -0.2) is 24.1 Å². The van der Waals surface area contributed by atoms with Crippen molar-refractivity contribution in [1.82, 2.24) is 0 Å². The Kier molecular flexibility index (Phi) is 7.12. The molecule has 0 aliphatic heterocycles. The van der Waals surface area contributed by atoms with Crippen molar-refractivity contribution in [1.29, 1.82) is 0 Å². The number of nitro groups is 1. The van der Waals surface area contributed by atoms with Gasteiger partial charge in [-0.2, -0.15) is 17.6 Å². The van der Waals surface area contributed by atoms with Crippen molar-refractivity contribution in [3.05, 3.63) is 63.7 Å². The summed E-state index contributed by atoms with van der Waals surface area (Å²) >= 11 is 0. The molecule has 0 aromatic heterocycles. The lowest BCUT2D eigenvalue weighted by Gasteiger charge is -2.11. The van der Waals surface area contributed by atoms with Gasteiger partial charge in [0.25, 0.3) is 5.69 Å². The Morgan fingerprint density at radius 3 is 2.45 bits per heavy atom. The van der Waals surface area contributed by atoms with Crippen molar-refractivity contribution in [3.63, 3.8) is 0 Å². The fourth-order valence-corrected chi connectivity index (χ4v) is 2.32. The number of nitro benzene ring substituents is 1.